The van der Waals surface area contributed by atoms with Crippen molar-refractivity contribution < 1.29 is 8.42 Å². The minimum Gasteiger partial charge on any atom is -0.207 e. The fourth-order valence-electron chi connectivity index (χ4n) is 2.81. The SMILES string of the molecule is Cc1ccc(S(=O)(=O)N[C@@H]2CCCC[C@H]2SC(C)(C)C)cc1. The van der Waals surface area contributed by atoms with Crippen LogP contribution in [0.2, 0.25) is 0 Å². The number of rotatable bonds is 4. The van der Waals surface area contributed by atoms with Gasteiger partial charge in [-0.05, 0) is 31.9 Å². The molecule has 1 aliphatic carbocycles. The molecule has 1 fully saturated rings. The molecule has 0 heterocycles. The molecule has 124 valence electrons. The molecule has 0 radical (unpaired) electrons. The summed E-state index contributed by atoms with van der Waals surface area (Å²) in [6.07, 6.45) is 4.31. The molecule has 5 heteroatoms. The van der Waals surface area contributed by atoms with Gasteiger partial charge in [-0.3, -0.25) is 0 Å². The molecule has 0 unspecified atom stereocenters. The van der Waals surface area contributed by atoms with Crippen LogP contribution in [0.5, 0.6) is 0 Å². The normalized spacial score (nSPS) is 23.5. The highest BCUT2D eigenvalue weighted by atomic mass is 32.2. The molecule has 1 aromatic rings. The van der Waals surface area contributed by atoms with Gasteiger partial charge in [0.05, 0.1) is 4.90 Å². The van der Waals surface area contributed by atoms with Crippen molar-refractivity contribution in [2.24, 2.45) is 0 Å². The Morgan fingerprint density at radius 3 is 2.27 bits per heavy atom. The Labute approximate surface area is 139 Å². The van der Waals surface area contributed by atoms with Gasteiger partial charge in [0.2, 0.25) is 10.0 Å². The molecule has 0 aromatic heterocycles. The molecule has 0 bridgehead atoms. The highest BCUT2D eigenvalue weighted by Gasteiger charge is 2.32. The lowest BCUT2D eigenvalue weighted by atomic mass is 9.96. The molecule has 0 saturated heterocycles. The highest BCUT2D eigenvalue weighted by Crippen LogP contribution is 2.37. The standard InChI is InChI=1S/C17H27NO2S2/c1-13-9-11-14(12-10-13)22(19,20)18-15-7-5-6-8-16(15)21-17(2,3)4/h9-12,15-16,18H,5-8H2,1-4H3/t15-,16-/m1/s1. The van der Waals surface area contributed by atoms with Crippen molar-refractivity contribution in [2.75, 3.05) is 0 Å². The fourth-order valence-corrected chi connectivity index (χ4v) is 5.77. The zero-order valence-corrected chi connectivity index (χ0v) is 15.6. The van der Waals surface area contributed by atoms with Crippen LogP contribution in [-0.4, -0.2) is 24.5 Å². The molecule has 2 rings (SSSR count). The molecular weight excluding hydrogens is 314 g/mol. The zero-order valence-electron chi connectivity index (χ0n) is 13.9. The summed E-state index contributed by atoms with van der Waals surface area (Å²) in [6.45, 7) is 8.54. The van der Waals surface area contributed by atoms with Crippen molar-refractivity contribution in [3.05, 3.63) is 29.8 Å². The average molecular weight is 342 g/mol. The van der Waals surface area contributed by atoms with E-state index in [4.69, 9.17) is 0 Å². The number of sulfonamides is 1. The van der Waals surface area contributed by atoms with Gasteiger partial charge in [0, 0.05) is 16.0 Å². The first-order valence-electron chi connectivity index (χ1n) is 7.94. The summed E-state index contributed by atoms with van der Waals surface area (Å²) >= 11 is 1.90. The van der Waals surface area contributed by atoms with Gasteiger partial charge in [-0.25, -0.2) is 13.1 Å². The van der Waals surface area contributed by atoms with E-state index in [1.54, 1.807) is 12.1 Å². The third-order valence-corrected chi connectivity index (χ3v) is 6.93. The van der Waals surface area contributed by atoms with Crippen LogP contribution in [0.3, 0.4) is 0 Å². The Balaban J connectivity index is 2.13. The van der Waals surface area contributed by atoms with Crippen LogP contribution in [0.4, 0.5) is 0 Å². The van der Waals surface area contributed by atoms with E-state index in [0.717, 1.165) is 24.8 Å². The van der Waals surface area contributed by atoms with Crippen molar-refractivity contribution in [3.8, 4) is 0 Å². The Kier molecular flexibility index (Phi) is 5.62. The summed E-state index contributed by atoms with van der Waals surface area (Å²) in [6, 6.07) is 7.09. The second-order valence-corrected chi connectivity index (χ2v) is 10.9. The predicted octanol–water partition coefficient (Wildman–Crippen LogP) is 4.12. The lowest BCUT2D eigenvalue weighted by molar-refractivity contribution is 0.421. The van der Waals surface area contributed by atoms with E-state index in [-0.39, 0.29) is 10.8 Å². The quantitative estimate of drug-likeness (QED) is 0.896. The van der Waals surface area contributed by atoms with Gasteiger partial charge in [-0.2, -0.15) is 11.8 Å². The average Bonchev–Trinajstić information content (AvgIpc) is 2.39. The van der Waals surface area contributed by atoms with Crippen molar-refractivity contribution in [2.45, 2.75) is 74.3 Å². The molecule has 0 aliphatic heterocycles. The van der Waals surface area contributed by atoms with E-state index in [9.17, 15) is 8.42 Å². The van der Waals surface area contributed by atoms with Crippen molar-refractivity contribution in [1.29, 1.82) is 0 Å². The summed E-state index contributed by atoms with van der Waals surface area (Å²) in [5, 5.41) is 0.356. The second-order valence-electron chi connectivity index (χ2n) is 7.09. The van der Waals surface area contributed by atoms with Gasteiger partial charge in [0.25, 0.3) is 0 Å². The topological polar surface area (TPSA) is 46.2 Å². The Morgan fingerprint density at radius 1 is 1.09 bits per heavy atom. The van der Waals surface area contributed by atoms with Crippen LogP contribution in [0, 0.1) is 6.92 Å². The van der Waals surface area contributed by atoms with E-state index in [0.29, 0.717) is 10.1 Å². The maximum absolute atomic E-state index is 12.6. The highest BCUT2D eigenvalue weighted by molar-refractivity contribution is 8.01. The number of nitrogens with one attached hydrogen (secondary N) is 1. The molecule has 1 aromatic carbocycles. The van der Waals surface area contributed by atoms with Gasteiger partial charge < -0.3 is 0 Å². The molecule has 1 aliphatic rings. The molecule has 22 heavy (non-hydrogen) atoms. The Morgan fingerprint density at radius 2 is 1.68 bits per heavy atom. The number of hydrogen-bond donors (Lipinski definition) is 1. The van der Waals surface area contributed by atoms with E-state index in [2.05, 4.69) is 25.5 Å². The fraction of sp³-hybridized carbons (Fsp3) is 0.647. The van der Waals surface area contributed by atoms with E-state index in [1.807, 2.05) is 30.8 Å². The molecule has 1 saturated carbocycles. The smallest absolute Gasteiger partial charge is 0.207 e. The van der Waals surface area contributed by atoms with Crippen LogP contribution in [0.25, 0.3) is 0 Å². The summed E-state index contributed by atoms with van der Waals surface area (Å²) in [5.41, 5.74) is 1.07. The molecule has 3 nitrogen and oxygen atoms in total. The maximum Gasteiger partial charge on any atom is 0.240 e. The molecule has 0 spiro atoms. The van der Waals surface area contributed by atoms with Gasteiger partial charge in [0.1, 0.15) is 0 Å². The Hall–Kier alpha value is -0.520. The Bertz CT molecular complexity index is 588. The minimum atomic E-state index is -3.43. The van der Waals surface area contributed by atoms with Gasteiger partial charge in [-0.1, -0.05) is 51.3 Å². The number of aryl methyl sites for hydroxylation is 1. The summed E-state index contributed by atoms with van der Waals surface area (Å²) < 4.78 is 28.3. The number of hydrogen-bond acceptors (Lipinski definition) is 3. The van der Waals surface area contributed by atoms with Crippen molar-refractivity contribution in [1.82, 2.24) is 4.72 Å². The molecule has 2 atom stereocenters. The first-order chi connectivity index (χ1) is 10.2. The largest absolute Gasteiger partial charge is 0.240 e. The molecule has 0 amide bonds. The van der Waals surface area contributed by atoms with Crippen molar-refractivity contribution >= 4 is 21.8 Å². The first kappa shape index (κ1) is 17.8. The number of benzene rings is 1. The van der Waals surface area contributed by atoms with Crippen LogP contribution < -0.4 is 4.72 Å². The lowest BCUT2D eigenvalue weighted by Gasteiger charge is -2.35. The van der Waals surface area contributed by atoms with Gasteiger partial charge in [0.15, 0.2) is 0 Å². The third-order valence-electron chi connectivity index (χ3n) is 3.85. The summed E-state index contributed by atoms with van der Waals surface area (Å²) in [4.78, 5) is 0.364. The predicted molar refractivity (Wildman–Crippen MR) is 94.9 cm³/mol. The van der Waals surface area contributed by atoms with Crippen molar-refractivity contribution in [3.63, 3.8) is 0 Å². The van der Waals surface area contributed by atoms with E-state index in [1.165, 1.54) is 6.42 Å². The van der Waals surface area contributed by atoms with Gasteiger partial charge in [-0.15, -0.1) is 0 Å². The monoisotopic (exact) mass is 341 g/mol. The van der Waals surface area contributed by atoms with Crippen LogP contribution >= 0.6 is 11.8 Å². The van der Waals surface area contributed by atoms with Crippen LogP contribution in [0.1, 0.15) is 52.0 Å². The van der Waals surface area contributed by atoms with E-state index < -0.39 is 10.0 Å². The summed E-state index contributed by atoms with van der Waals surface area (Å²) in [5.74, 6) is 0. The summed E-state index contributed by atoms with van der Waals surface area (Å²) in [7, 11) is -3.43. The number of thioether (sulfide) groups is 1. The lowest BCUT2D eigenvalue weighted by Crippen LogP contribution is -2.44. The third kappa shape index (κ3) is 5.00. The molecule has 1 N–H and O–H groups in total. The van der Waals surface area contributed by atoms with Crippen LogP contribution in [0.15, 0.2) is 29.2 Å². The minimum absolute atomic E-state index is 0.0317. The van der Waals surface area contributed by atoms with Crippen LogP contribution in [-0.2, 0) is 10.0 Å². The zero-order chi connectivity index (χ0) is 16.4. The van der Waals surface area contributed by atoms with E-state index >= 15 is 0 Å². The second kappa shape index (κ2) is 6.93. The maximum atomic E-state index is 12.6. The molecular formula is C17H27NO2S2. The van der Waals surface area contributed by atoms with Gasteiger partial charge >= 0.3 is 0 Å². The first-order valence-corrected chi connectivity index (χ1v) is 10.3.